The third kappa shape index (κ3) is 3.39. The van der Waals surface area contributed by atoms with E-state index in [-0.39, 0.29) is 0 Å². The van der Waals surface area contributed by atoms with E-state index in [1.807, 2.05) is 18.2 Å². The maximum Gasteiger partial charge on any atom is 0.0999 e. The molecule has 0 N–H and O–H groups in total. The summed E-state index contributed by atoms with van der Waals surface area (Å²) in [6.45, 7) is 0. The number of nitrogens with zero attached hydrogens (tertiary/aromatic N) is 3. The Morgan fingerprint density at radius 2 is 1.36 bits per heavy atom. The van der Waals surface area contributed by atoms with E-state index in [1.54, 1.807) is 0 Å². The molecular formula is C39H23N3. The van der Waals surface area contributed by atoms with Crippen molar-refractivity contribution in [2.45, 2.75) is 0 Å². The van der Waals surface area contributed by atoms with Crippen LogP contribution in [0.1, 0.15) is 11.3 Å². The van der Waals surface area contributed by atoms with Crippen LogP contribution in [0, 0.1) is 23.2 Å². The molecule has 4 aliphatic carbocycles. The minimum absolute atomic E-state index is 0.348. The minimum Gasteiger partial charge on any atom is -0.245 e. The lowest BCUT2D eigenvalue weighted by molar-refractivity contribution is 0.565. The van der Waals surface area contributed by atoms with Crippen LogP contribution in [0.15, 0.2) is 150 Å². The highest BCUT2D eigenvalue weighted by atomic mass is 14.8. The molecule has 0 spiro atoms. The molecule has 3 aromatic carbocycles. The van der Waals surface area contributed by atoms with Crippen molar-refractivity contribution in [3.05, 3.63) is 161 Å². The fourth-order valence-electron chi connectivity index (χ4n) is 7.00. The highest BCUT2D eigenvalue weighted by molar-refractivity contribution is 6.07. The number of hydrogen-bond donors (Lipinski definition) is 0. The van der Waals surface area contributed by atoms with E-state index in [1.165, 1.54) is 33.1 Å². The van der Waals surface area contributed by atoms with Gasteiger partial charge in [0.15, 0.2) is 0 Å². The molecule has 2 atom stereocenters. The number of pyridine rings is 2. The molecule has 42 heavy (non-hydrogen) atoms. The molecule has 0 bridgehead atoms. The van der Waals surface area contributed by atoms with Crippen molar-refractivity contribution < 1.29 is 0 Å². The van der Waals surface area contributed by atoms with Crippen LogP contribution in [-0.4, -0.2) is 9.97 Å². The van der Waals surface area contributed by atoms with E-state index < -0.39 is 0 Å². The van der Waals surface area contributed by atoms with Crippen LogP contribution in [0.25, 0.3) is 49.4 Å². The fourth-order valence-corrected chi connectivity index (χ4v) is 7.00. The maximum atomic E-state index is 9.97. The largest absolute Gasteiger partial charge is 0.245 e. The van der Waals surface area contributed by atoms with Crippen LogP contribution in [0.2, 0.25) is 0 Å². The molecule has 0 saturated carbocycles. The van der Waals surface area contributed by atoms with Crippen molar-refractivity contribution >= 4 is 38.2 Å². The zero-order valence-electron chi connectivity index (χ0n) is 22.6. The molecule has 2 heterocycles. The van der Waals surface area contributed by atoms with Gasteiger partial charge in [-0.05, 0) is 75.5 Å². The van der Waals surface area contributed by atoms with Gasteiger partial charge in [-0.25, -0.2) is 9.97 Å². The summed E-state index contributed by atoms with van der Waals surface area (Å²) in [6, 6.07) is 27.2. The highest BCUT2D eigenvalue weighted by Gasteiger charge is 2.37. The zero-order chi connectivity index (χ0) is 27.8. The number of nitriles is 1. The SMILES string of the molecule is N#Cc1cc2ccc(C3=CC4=CC=C5C=CC=C6C=CC(=C3)C4C65)nc2c2nc(-c3ccc4ccccc4c3)ccc12. The zero-order valence-corrected chi connectivity index (χ0v) is 22.6. The van der Waals surface area contributed by atoms with Crippen LogP contribution in [-0.2, 0) is 0 Å². The van der Waals surface area contributed by atoms with E-state index in [0.29, 0.717) is 17.4 Å². The van der Waals surface area contributed by atoms with Gasteiger partial charge in [0.1, 0.15) is 0 Å². The summed E-state index contributed by atoms with van der Waals surface area (Å²) in [5, 5.41) is 14.1. The van der Waals surface area contributed by atoms with Crippen molar-refractivity contribution in [1.82, 2.24) is 9.97 Å². The molecule has 3 nitrogen and oxygen atoms in total. The van der Waals surface area contributed by atoms with Gasteiger partial charge in [-0.15, -0.1) is 0 Å². The van der Waals surface area contributed by atoms with Gasteiger partial charge in [0, 0.05) is 33.7 Å². The van der Waals surface area contributed by atoms with E-state index in [2.05, 4.69) is 115 Å². The Morgan fingerprint density at radius 1 is 0.595 bits per heavy atom. The summed E-state index contributed by atoms with van der Waals surface area (Å²) in [5.74, 6) is 0.736. The summed E-state index contributed by atoms with van der Waals surface area (Å²) in [5.41, 5.74) is 11.5. The normalized spacial score (nSPS) is 19.9. The molecular weight excluding hydrogens is 510 g/mol. The summed E-state index contributed by atoms with van der Waals surface area (Å²) in [4.78, 5) is 10.3. The molecule has 0 amide bonds. The standard InChI is InChI=1S/C39H23N3/c40-22-32-21-30-14-16-35(31-19-28-12-9-24-6-3-7-25-10-13-29(20-31)37(28)36(24)25)41-38(30)39-33(32)15-17-34(42-39)27-11-8-23-4-1-2-5-26(23)18-27/h1-21,36-37H. The number of hydrogen-bond acceptors (Lipinski definition) is 3. The first-order chi connectivity index (χ1) is 20.7. The lowest BCUT2D eigenvalue weighted by Gasteiger charge is -2.39. The van der Waals surface area contributed by atoms with Crippen LogP contribution in [0.4, 0.5) is 0 Å². The van der Waals surface area contributed by atoms with Crippen molar-refractivity contribution in [3.63, 3.8) is 0 Å². The lowest BCUT2D eigenvalue weighted by atomic mass is 9.64. The van der Waals surface area contributed by atoms with Gasteiger partial charge in [-0.2, -0.15) is 5.26 Å². The Labute approximate surface area is 243 Å². The summed E-state index contributed by atoms with van der Waals surface area (Å²) >= 11 is 0. The van der Waals surface area contributed by atoms with Crippen molar-refractivity contribution in [2.75, 3.05) is 0 Å². The molecule has 2 aromatic heterocycles. The second-order valence-electron chi connectivity index (χ2n) is 11.4. The van der Waals surface area contributed by atoms with E-state index in [9.17, 15) is 5.26 Å². The van der Waals surface area contributed by atoms with Crippen molar-refractivity contribution in [2.24, 2.45) is 11.8 Å². The molecule has 0 saturated heterocycles. The molecule has 3 heteroatoms. The Hall–Kier alpha value is -5.59. The van der Waals surface area contributed by atoms with Crippen molar-refractivity contribution in [1.29, 1.82) is 5.26 Å². The van der Waals surface area contributed by atoms with E-state index in [0.717, 1.165) is 44.3 Å². The third-order valence-electron chi connectivity index (χ3n) is 9.03. The van der Waals surface area contributed by atoms with E-state index >= 15 is 0 Å². The quantitative estimate of drug-likeness (QED) is 0.213. The number of fused-ring (bicyclic) bond motifs is 4. The molecule has 194 valence electrons. The molecule has 0 fully saturated rings. The predicted octanol–water partition coefficient (Wildman–Crippen LogP) is 8.96. The van der Waals surface area contributed by atoms with Gasteiger partial charge in [0.05, 0.1) is 34.1 Å². The van der Waals surface area contributed by atoms with Crippen LogP contribution < -0.4 is 0 Å². The first-order valence-electron chi connectivity index (χ1n) is 14.3. The lowest BCUT2D eigenvalue weighted by Crippen LogP contribution is -2.28. The van der Waals surface area contributed by atoms with Crippen LogP contribution in [0.3, 0.4) is 0 Å². The minimum atomic E-state index is 0.348. The fraction of sp³-hybridized carbons (Fsp3) is 0.0513. The third-order valence-corrected chi connectivity index (χ3v) is 9.03. The highest BCUT2D eigenvalue weighted by Crippen LogP contribution is 2.49. The summed E-state index contributed by atoms with van der Waals surface area (Å²) in [7, 11) is 0. The van der Waals surface area contributed by atoms with Crippen LogP contribution in [0.5, 0.6) is 0 Å². The summed E-state index contributed by atoms with van der Waals surface area (Å²) in [6.07, 6.45) is 20.3. The molecule has 4 aliphatic rings. The average Bonchev–Trinajstić information content (AvgIpc) is 3.06. The van der Waals surface area contributed by atoms with Gasteiger partial charge >= 0.3 is 0 Å². The topological polar surface area (TPSA) is 49.6 Å². The Kier molecular flexibility index (Phi) is 4.80. The maximum absolute atomic E-state index is 9.97. The first kappa shape index (κ1) is 23.1. The van der Waals surface area contributed by atoms with Gasteiger partial charge in [0.25, 0.3) is 0 Å². The average molecular weight is 534 g/mol. The summed E-state index contributed by atoms with van der Waals surface area (Å²) < 4.78 is 0. The Morgan fingerprint density at radius 3 is 2.29 bits per heavy atom. The molecule has 0 radical (unpaired) electrons. The van der Waals surface area contributed by atoms with Gasteiger partial charge < -0.3 is 0 Å². The Bertz CT molecular complexity index is 2310. The number of aromatic nitrogens is 2. The molecule has 9 rings (SSSR count). The second kappa shape index (κ2) is 8.70. The van der Waals surface area contributed by atoms with E-state index in [4.69, 9.17) is 9.97 Å². The van der Waals surface area contributed by atoms with Crippen LogP contribution >= 0.6 is 0 Å². The smallest absolute Gasteiger partial charge is 0.0999 e. The predicted molar refractivity (Wildman–Crippen MR) is 170 cm³/mol. The van der Waals surface area contributed by atoms with Gasteiger partial charge in [-0.1, -0.05) is 85.0 Å². The number of allylic oxidation sites excluding steroid dienone is 14. The molecule has 2 unspecified atom stereocenters. The number of benzene rings is 3. The van der Waals surface area contributed by atoms with Gasteiger partial charge in [0.2, 0.25) is 0 Å². The molecule has 0 aliphatic heterocycles. The Balaban J connectivity index is 1.22. The molecule has 5 aromatic rings. The number of rotatable bonds is 2. The van der Waals surface area contributed by atoms with Crippen molar-refractivity contribution in [3.8, 4) is 17.3 Å². The van der Waals surface area contributed by atoms with Gasteiger partial charge in [-0.3, -0.25) is 0 Å². The monoisotopic (exact) mass is 533 g/mol. The first-order valence-corrected chi connectivity index (χ1v) is 14.3. The second-order valence-corrected chi connectivity index (χ2v) is 11.4.